The van der Waals surface area contributed by atoms with Crippen LogP contribution in [-0.2, 0) is 16.1 Å². The second-order valence-corrected chi connectivity index (χ2v) is 9.45. The summed E-state index contributed by atoms with van der Waals surface area (Å²) in [4.78, 5) is 16.0. The SMILES string of the molecule is Cc1ccc(-n2c(SC(C)C(=O)NCc3cccs3)nnc2N2CCOCC2)cc1. The Morgan fingerprint density at radius 1 is 1.23 bits per heavy atom. The number of carbonyl (C=O) groups excluding carboxylic acids is 1. The smallest absolute Gasteiger partial charge is 0.233 e. The minimum atomic E-state index is -0.295. The summed E-state index contributed by atoms with van der Waals surface area (Å²) in [5, 5.41) is 14.3. The molecule has 0 aliphatic carbocycles. The Bertz CT molecular complexity index is 966. The summed E-state index contributed by atoms with van der Waals surface area (Å²) in [5.74, 6) is 0.774. The van der Waals surface area contributed by atoms with E-state index in [1.165, 1.54) is 17.3 Å². The molecule has 3 aromatic rings. The molecule has 1 N–H and O–H groups in total. The van der Waals surface area contributed by atoms with Crippen molar-refractivity contribution in [1.29, 1.82) is 0 Å². The van der Waals surface area contributed by atoms with Gasteiger partial charge in [-0.2, -0.15) is 0 Å². The molecule has 0 radical (unpaired) electrons. The quantitative estimate of drug-likeness (QED) is 0.565. The van der Waals surface area contributed by atoms with Crippen LogP contribution >= 0.6 is 23.1 Å². The maximum absolute atomic E-state index is 12.6. The van der Waals surface area contributed by atoms with E-state index in [4.69, 9.17) is 4.74 Å². The van der Waals surface area contributed by atoms with E-state index < -0.39 is 0 Å². The number of morpholine rings is 1. The molecule has 0 spiro atoms. The molecule has 4 rings (SSSR count). The van der Waals surface area contributed by atoms with E-state index in [1.54, 1.807) is 11.3 Å². The monoisotopic (exact) mass is 443 g/mol. The maximum atomic E-state index is 12.6. The summed E-state index contributed by atoms with van der Waals surface area (Å²) >= 11 is 3.06. The highest BCUT2D eigenvalue weighted by Gasteiger charge is 2.24. The van der Waals surface area contributed by atoms with Gasteiger partial charge in [0.1, 0.15) is 0 Å². The fourth-order valence-electron chi connectivity index (χ4n) is 3.17. The molecule has 1 aliphatic rings. The van der Waals surface area contributed by atoms with Gasteiger partial charge in [0.25, 0.3) is 0 Å². The van der Waals surface area contributed by atoms with Crippen LogP contribution in [0.4, 0.5) is 5.95 Å². The van der Waals surface area contributed by atoms with Crippen molar-refractivity contribution in [2.75, 3.05) is 31.2 Å². The zero-order chi connectivity index (χ0) is 20.9. The van der Waals surface area contributed by atoms with Gasteiger partial charge in [-0.1, -0.05) is 35.5 Å². The van der Waals surface area contributed by atoms with Crippen molar-refractivity contribution in [3.63, 3.8) is 0 Å². The number of aryl methyl sites for hydroxylation is 1. The van der Waals surface area contributed by atoms with Gasteiger partial charge >= 0.3 is 0 Å². The minimum Gasteiger partial charge on any atom is -0.378 e. The van der Waals surface area contributed by atoms with E-state index in [1.807, 2.05) is 29.0 Å². The molecule has 1 aromatic carbocycles. The van der Waals surface area contributed by atoms with Crippen LogP contribution in [-0.4, -0.2) is 52.2 Å². The minimum absolute atomic E-state index is 0.0141. The van der Waals surface area contributed by atoms with E-state index in [-0.39, 0.29) is 11.2 Å². The van der Waals surface area contributed by atoms with Gasteiger partial charge in [-0.25, -0.2) is 0 Å². The van der Waals surface area contributed by atoms with Crippen LogP contribution in [0, 0.1) is 6.92 Å². The summed E-state index contributed by atoms with van der Waals surface area (Å²) < 4.78 is 7.53. The zero-order valence-electron chi connectivity index (χ0n) is 17.1. The molecule has 3 heterocycles. The van der Waals surface area contributed by atoms with Crippen LogP contribution in [0.15, 0.2) is 46.9 Å². The van der Waals surface area contributed by atoms with Gasteiger partial charge < -0.3 is 15.0 Å². The lowest BCUT2D eigenvalue weighted by Crippen LogP contribution is -2.38. The van der Waals surface area contributed by atoms with Gasteiger partial charge in [-0.3, -0.25) is 9.36 Å². The Hall–Kier alpha value is -2.36. The molecule has 0 bridgehead atoms. The van der Waals surface area contributed by atoms with E-state index in [0.29, 0.717) is 24.9 Å². The lowest BCUT2D eigenvalue weighted by molar-refractivity contribution is -0.120. The molecule has 158 valence electrons. The number of aromatic nitrogens is 3. The lowest BCUT2D eigenvalue weighted by Gasteiger charge is -2.28. The predicted molar refractivity (Wildman–Crippen MR) is 121 cm³/mol. The Balaban J connectivity index is 1.55. The van der Waals surface area contributed by atoms with Gasteiger partial charge in [0.15, 0.2) is 5.16 Å². The molecule has 1 amide bonds. The Morgan fingerprint density at radius 2 is 2.00 bits per heavy atom. The van der Waals surface area contributed by atoms with Crippen LogP contribution in [0.25, 0.3) is 5.69 Å². The topological polar surface area (TPSA) is 72.3 Å². The lowest BCUT2D eigenvalue weighted by atomic mass is 10.2. The second kappa shape index (κ2) is 9.63. The highest BCUT2D eigenvalue weighted by Crippen LogP contribution is 2.30. The average molecular weight is 444 g/mol. The van der Waals surface area contributed by atoms with E-state index in [0.717, 1.165) is 29.6 Å². The van der Waals surface area contributed by atoms with Crippen LogP contribution in [0.1, 0.15) is 17.4 Å². The third kappa shape index (κ3) is 4.85. The first-order valence-corrected chi connectivity index (χ1v) is 11.7. The van der Waals surface area contributed by atoms with E-state index in [2.05, 4.69) is 51.6 Å². The van der Waals surface area contributed by atoms with Crippen molar-refractivity contribution in [3.05, 3.63) is 52.2 Å². The second-order valence-electron chi connectivity index (χ2n) is 7.11. The van der Waals surface area contributed by atoms with Gasteiger partial charge in [0.2, 0.25) is 11.9 Å². The first kappa shape index (κ1) is 20.9. The van der Waals surface area contributed by atoms with Crippen LogP contribution in [0.2, 0.25) is 0 Å². The Kier molecular flexibility index (Phi) is 6.71. The number of hydrogen-bond acceptors (Lipinski definition) is 7. The first-order valence-electron chi connectivity index (χ1n) is 9.94. The normalized spacial score (nSPS) is 15.2. The average Bonchev–Trinajstić information content (AvgIpc) is 3.43. The van der Waals surface area contributed by atoms with Crippen LogP contribution < -0.4 is 10.2 Å². The molecule has 0 saturated carbocycles. The Morgan fingerprint density at radius 3 is 2.70 bits per heavy atom. The number of hydrogen-bond donors (Lipinski definition) is 1. The van der Waals surface area contributed by atoms with Gasteiger partial charge in [-0.05, 0) is 37.4 Å². The fraction of sp³-hybridized carbons (Fsp3) is 0.381. The van der Waals surface area contributed by atoms with Gasteiger partial charge in [0.05, 0.1) is 30.7 Å². The number of rotatable bonds is 7. The third-order valence-corrected chi connectivity index (χ3v) is 6.79. The van der Waals surface area contributed by atoms with E-state index in [9.17, 15) is 4.79 Å². The highest BCUT2D eigenvalue weighted by atomic mass is 32.2. The van der Waals surface area contributed by atoms with Gasteiger partial charge in [-0.15, -0.1) is 21.5 Å². The van der Waals surface area contributed by atoms with Crippen molar-refractivity contribution in [2.24, 2.45) is 0 Å². The number of thioether (sulfide) groups is 1. The molecule has 9 heteroatoms. The predicted octanol–water partition coefficient (Wildman–Crippen LogP) is 3.27. The molecule has 7 nitrogen and oxygen atoms in total. The number of amides is 1. The van der Waals surface area contributed by atoms with Crippen molar-refractivity contribution in [1.82, 2.24) is 20.1 Å². The van der Waals surface area contributed by atoms with Crippen molar-refractivity contribution in [3.8, 4) is 5.69 Å². The van der Waals surface area contributed by atoms with E-state index >= 15 is 0 Å². The number of carbonyl (C=O) groups is 1. The number of ether oxygens (including phenoxy) is 1. The standard InChI is InChI=1S/C21H25N5O2S2/c1-15-5-7-17(8-6-15)26-20(25-9-11-28-12-10-25)23-24-21(26)30-16(2)19(27)22-14-18-4-3-13-29-18/h3-8,13,16H,9-12,14H2,1-2H3,(H,22,27). The number of anilines is 1. The van der Waals surface area contributed by atoms with Crippen LogP contribution in [0.5, 0.6) is 0 Å². The Labute approximate surface area is 184 Å². The zero-order valence-corrected chi connectivity index (χ0v) is 18.7. The molecule has 1 aliphatic heterocycles. The number of nitrogens with zero attached hydrogens (tertiary/aromatic N) is 4. The molecule has 30 heavy (non-hydrogen) atoms. The van der Waals surface area contributed by atoms with Crippen molar-refractivity contribution >= 4 is 35.0 Å². The molecule has 1 unspecified atom stereocenters. The highest BCUT2D eigenvalue weighted by molar-refractivity contribution is 8.00. The fourth-order valence-corrected chi connectivity index (χ4v) is 4.70. The van der Waals surface area contributed by atoms with Crippen LogP contribution in [0.3, 0.4) is 0 Å². The summed E-state index contributed by atoms with van der Waals surface area (Å²) in [5.41, 5.74) is 2.18. The van der Waals surface area contributed by atoms with Crippen molar-refractivity contribution < 1.29 is 9.53 Å². The summed E-state index contributed by atoms with van der Waals surface area (Å²) in [6.07, 6.45) is 0. The molecule has 2 aromatic heterocycles. The summed E-state index contributed by atoms with van der Waals surface area (Å²) in [6, 6.07) is 12.3. The summed E-state index contributed by atoms with van der Waals surface area (Å²) in [7, 11) is 0. The van der Waals surface area contributed by atoms with Crippen molar-refractivity contribution in [2.45, 2.75) is 30.8 Å². The number of benzene rings is 1. The third-order valence-electron chi connectivity index (χ3n) is 4.87. The number of nitrogens with one attached hydrogen (secondary N) is 1. The molecule has 1 atom stereocenters. The number of thiophene rings is 1. The van der Waals surface area contributed by atoms with Gasteiger partial charge in [0, 0.05) is 18.0 Å². The molecular formula is C21H25N5O2S2. The largest absolute Gasteiger partial charge is 0.378 e. The maximum Gasteiger partial charge on any atom is 0.233 e. The molecular weight excluding hydrogens is 418 g/mol. The summed E-state index contributed by atoms with van der Waals surface area (Å²) in [6.45, 7) is 7.39. The first-order chi connectivity index (χ1) is 14.6. The molecule has 1 saturated heterocycles. The molecule has 1 fully saturated rings.